The van der Waals surface area contributed by atoms with Crippen LogP contribution < -0.4 is 9.64 Å². The minimum Gasteiger partial charge on any atom is -0.495 e. The van der Waals surface area contributed by atoms with Gasteiger partial charge in [0, 0.05) is 32.4 Å². The molecular formula is C25H24N4O2S. The van der Waals surface area contributed by atoms with Gasteiger partial charge in [-0.15, -0.1) is 11.3 Å². The Morgan fingerprint density at radius 2 is 1.69 bits per heavy atom. The molecule has 6 nitrogen and oxygen atoms in total. The standard InChI is InChI=1S/C25H24N4O2S/c1-31-22-11-6-5-10-21(22)27-13-15-28(16-14-27)25(30)20-18-29(19-8-3-2-4-9-19)26-24(20)23-12-7-17-32-23/h2-12,17-18H,13-16H2,1H3. The van der Waals surface area contributed by atoms with Gasteiger partial charge in [-0.1, -0.05) is 36.4 Å². The Balaban J connectivity index is 1.39. The van der Waals surface area contributed by atoms with E-state index in [1.165, 1.54) is 0 Å². The average Bonchev–Trinajstić information content (AvgIpc) is 3.54. The fourth-order valence-electron chi connectivity index (χ4n) is 4.05. The number of carbonyl (C=O) groups excluding carboxylic acids is 1. The molecule has 0 unspecified atom stereocenters. The second-order valence-electron chi connectivity index (χ2n) is 7.60. The first kappa shape index (κ1) is 20.3. The van der Waals surface area contributed by atoms with Crippen molar-refractivity contribution in [1.82, 2.24) is 14.7 Å². The summed E-state index contributed by atoms with van der Waals surface area (Å²) in [7, 11) is 1.69. The average molecular weight is 445 g/mol. The molecule has 0 N–H and O–H groups in total. The van der Waals surface area contributed by atoms with Crippen molar-refractivity contribution in [3.8, 4) is 22.0 Å². The summed E-state index contributed by atoms with van der Waals surface area (Å²) in [6, 6.07) is 21.9. The van der Waals surface area contributed by atoms with Crippen LogP contribution in [0.3, 0.4) is 0 Å². The highest BCUT2D eigenvalue weighted by Crippen LogP contribution is 2.31. The summed E-state index contributed by atoms with van der Waals surface area (Å²) in [6.45, 7) is 2.81. The van der Waals surface area contributed by atoms with Crippen molar-refractivity contribution in [3.05, 3.63) is 83.9 Å². The van der Waals surface area contributed by atoms with Gasteiger partial charge in [0.05, 0.1) is 28.9 Å². The predicted molar refractivity (Wildman–Crippen MR) is 128 cm³/mol. The number of anilines is 1. The zero-order valence-corrected chi connectivity index (χ0v) is 18.7. The molecule has 1 fully saturated rings. The highest BCUT2D eigenvalue weighted by molar-refractivity contribution is 7.13. The van der Waals surface area contributed by atoms with Crippen LogP contribution in [-0.4, -0.2) is 53.9 Å². The normalized spacial score (nSPS) is 13.9. The van der Waals surface area contributed by atoms with Crippen molar-refractivity contribution >= 4 is 22.9 Å². The molecule has 7 heteroatoms. The van der Waals surface area contributed by atoms with Gasteiger partial charge in [-0.05, 0) is 35.7 Å². The van der Waals surface area contributed by atoms with Gasteiger partial charge in [0.25, 0.3) is 5.91 Å². The third-order valence-corrected chi connectivity index (χ3v) is 6.59. The zero-order chi connectivity index (χ0) is 21.9. The van der Waals surface area contributed by atoms with E-state index < -0.39 is 0 Å². The van der Waals surface area contributed by atoms with Crippen molar-refractivity contribution in [3.63, 3.8) is 0 Å². The van der Waals surface area contributed by atoms with Crippen molar-refractivity contribution in [1.29, 1.82) is 0 Å². The largest absolute Gasteiger partial charge is 0.495 e. The monoisotopic (exact) mass is 444 g/mol. The van der Waals surface area contributed by atoms with Gasteiger partial charge in [0.15, 0.2) is 0 Å². The van der Waals surface area contributed by atoms with Crippen LogP contribution in [0.5, 0.6) is 5.75 Å². The van der Waals surface area contributed by atoms with E-state index in [1.54, 1.807) is 23.1 Å². The van der Waals surface area contributed by atoms with Gasteiger partial charge in [-0.2, -0.15) is 5.10 Å². The summed E-state index contributed by atoms with van der Waals surface area (Å²) in [5, 5.41) is 6.79. The molecule has 0 spiro atoms. The number of methoxy groups -OCH3 is 1. The molecule has 3 heterocycles. The fourth-order valence-corrected chi connectivity index (χ4v) is 4.77. The smallest absolute Gasteiger partial charge is 0.257 e. The van der Waals surface area contributed by atoms with Gasteiger partial charge in [-0.3, -0.25) is 4.79 Å². The van der Waals surface area contributed by atoms with E-state index in [1.807, 2.05) is 77.1 Å². The summed E-state index contributed by atoms with van der Waals surface area (Å²) in [6.07, 6.45) is 1.86. The molecule has 0 radical (unpaired) electrons. The number of carbonyl (C=O) groups is 1. The summed E-state index contributed by atoms with van der Waals surface area (Å²) in [5.41, 5.74) is 3.38. The first-order chi connectivity index (χ1) is 15.7. The molecule has 0 aliphatic carbocycles. The topological polar surface area (TPSA) is 50.6 Å². The van der Waals surface area contributed by atoms with Crippen LogP contribution in [-0.2, 0) is 0 Å². The number of hydrogen-bond acceptors (Lipinski definition) is 5. The number of para-hydroxylation sites is 3. The van der Waals surface area contributed by atoms with Crippen LogP contribution in [0.1, 0.15) is 10.4 Å². The Kier molecular flexibility index (Phi) is 5.64. The highest BCUT2D eigenvalue weighted by Gasteiger charge is 2.27. The van der Waals surface area contributed by atoms with E-state index in [2.05, 4.69) is 11.0 Å². The van der Waals surface area contributed by atoms with Crippen molar-refractivity contribution < 1.29 is 9.53 Å². The van der Waals surface area contributed by atoms with E-state index >= 15 is 0 Å². The number of nitrogens with zero attached hydrogens (tertiary/aromatic N) is 4. The van der Waals surface area contributed by atoms with Crippen LogP contribution >= 0.6 is 11.3 Å². The van der Waals surface area contributed by atoms with E-state index in [4.69, 9.17) is 9.84 Å². The minimum absolute atomic E-state index is 0.0234. The quantitative estimate of drug-likeness (QED) is 0.452. The molecular weight excluding hydrogens is 420 g/mol. The third kappa shape index (κ3) is 3.87. The van der Waals surface area contributed by atoms with E-state index in [9.17, 15) is 4.79 Å². The van der Waals surface area contributed by atoms with Crippen molar-refractivity contribution in [2.45, 2.75) is 0 Å². The predicted octanol–water partition coefficient (Wildman–Crippen LogP) is 4.57. The molecule has 0 bridgehead atoms. The second kappa shape index (κ2) is 8.88. The lowest BCUT2D eigenvalue weighted by Crippen LogP contribution is -2.48. The van der Waals surface area contributed by atoms with Crippen molar-refractivity contribution in [2.24, 2.45) is 0 Å². The Hall–Kier alpha value is -3.58. The summed E-state index contributed by atoms with van der Waals surface area (Å²) in [4.78, 5) is 18.8. The maximum atomic E-state index is 13.6. The molecule has 162 valence electrons. The molecule has 0 atom stereocenters. The molecule has 0 saturated carbocycles. The Bertz CT molecular complexity index is 1200. The number of amides is 1. The van der Waals surface area contributed by atoms with Gasteiger partial charge in [-0.25, -0.2) is 4.68 Å². The second-order valence-corrected chi connectivity index (χ2v) is 8.55. The van der Waals surface area contributed by atoms with Crippen LogP contribution in [0.2, 0.25) is 0 Å². The minimum atomic E-state index is 0.0234. The SMILES string of the molecule is COc1ccccc1N1CCN(C(=O)c2cn(-c3ccccc3)nc2-c2cccs2)CC1. The molecule has 1 saturated heterocycles. The molecule has 1 aliphatic rings. The van der Waals surface area contributed by atoms with Gasteiger partial charge in [0.2, 0.25) is 0 Å². The fraction of sp³-hybridized carbons (Fsp3) is 0.200. The first-order valence-corrected chi connectivity index (χ1v) is 11.5. The Morgan fingerprint density at radius 3 is 2.41 bits per heavy atom. The van der Waals surface area contributed by atoms with Gasteiger partial charge in [0.1, 0.15) is 11.4 Å². The number of thiophene rings is 1. The van der Waals surface area contributed by atoms with Gasteiger partial charge < -0.3 is 14.5 Å². The first-order valence-electron chi connectivity index (χ1n) is 10.6. The molecule has 32 heavy (non-hydrogen) atoms. The molecule has 5 rings (SSSR count). The Morgan fingerprint density at radius 1 is 0.938 bits per heavy atom. The molecule has 2 aromatic heterocycles. The summed E-state index contributed by atoms with van der Waals surface area (Å²) in [5.74, 6) is 0.881. The molecule has 2 aromatic carbocycles. The highest BCUT2D eigenvalue weighted by atomic mass is 32.1. The lowest BCUT2D eigenvalue weighted by atomic mass is 10.1. The number of benzene rings is 2. The maximum absolute atomic E-state index is 13.6. The number of rotatable bonds is 5. The van der Waals surface area contributed by atoms with E-state index in [0.717, 1.165) is 40.8 Å². The molecule has 1 amide bonds. The van der Waals surface area contributed by atoms with E-state index in [0.29, 0.717) is 18.7 Å². The van der Waals surface area contributed by atoms with Crippen molar-refractivity contribution in [2.75, 3.05) is 38.2 Å². The van der Waals surface area contributed by atoms with Crippen LogP contribution in [0.4, 0.5) is 5.69 Å². The number of ether oxygens (including phenoxy) is 1. The van der Waals surface area contributed by atoms with E-state index in [-0.39, 0.29) is 5.91 Å². The van der Waals surface area contributed by atoms with Gasteiger partial charge >= 0.3 is 0 Å². The summed E-state index contributed by atoms with van der Waals surface area (Å²) >= 11 is 1.60. The zero-order valence-electron chi connectivity index (χ0n) is 17.8. The number of aromatic nitrogens is 2. The van der Waals surface area contributed by atoms with Crippen LogP contribution in [0, 0.1) is 0 Å². The third-order valence-electron chi connectivity index (χ3n) is 5.71. The maximum Gasteiger partial charge on any atom is 0.257 e. The lowest BCUT2D eigenvalue weighted by molar-refractivity contribution is 0.0747. The number of piperazine rings is 1. The summed E-state index contributed by atoms with van der Waals surface area (Å²) < 4.78 is 7.31. The van der Waals surface area contributed by atoms with Crippen LogP contribution in [0.25, 0.3) is 16.3 Å². The lowest BCUT2D eigenvalue weighted by Gasteiger charge is -2.36. The molecule has 4 aromatic rings. The number of hydrogen-bond donors (Lipinski definition) is 0. The van der Waals surface area contributed by atoms with Crippen LogP contribution in [0.15, 0.2) is 78.3 Å². The molecule has 1 aliphatic heterocycles. The Labute approximate surface area is 191 Å².